The van der Waals surface area contributed by atoms with Gasteiger partial charge in [-0.25, -0.2) is 15.0 Å². The summed E-state index contributed by atoms with van der Waals surface area (Å²) in [6.07, 6.45) is 0. The third kappa shape index (κ3) is 5.62. The summed E-state index contributed by atoms with van der Waals surface area (Å²) < 4.78 is 0. The number of benzene rings is 9. The number of nitrogens with zero attached hydrogens (tertiary/aromatic N) is 3. The van der Waals surface area contributed by atoms with Crippen LogP contribution in [-0.2, 0) is 5.41 Å². The first kappa shape index (κ1) is 35.0. The van der Waals surface area contributed by atoms with E-state index in [1.807, 2.05) is 60.7 Å². The van der Waals surface area contributed by atoms with E-state index < -0.39 is 5.41 Å². The molecule has 0 fully saturated rings. The van der Waals surface area contributed by atoms with Crippen molar-refractivity contribution in [3.05, 3.63) is 247 Å². The number of hydrogen-bond donors (Lipinski definition) is 0. The van der Waals surface area contributed by atoms with E-state index in [-0.39, 0.29) is 0 Å². The van der Waals surface area contributed by atoms with Crippen molar-refractivity contribution in [2.75, 3.05) is 0 Å². The van der Waals surface area contributed by atoms with Gasteiger partial charge in [0.05, 0.1) is 5.41 Å². The first-order chi connectivity index (χ1) is 30.2. The Morgan fingerprint density at radius 2 is 0.541 bits per heavy atom. The van der Waals surface area contributed by atoms with Gasteiger partial charge in [-0.05, 0) is 102 Å². The van der Waals surface area contributed by atoms with E-state index in [9.17, 15) is 0 Å². The first-order valence-corrected chi connectivity index (χ1v) is 20.8. The third-order valence-corrected chi connectivity index (χ3v) is 12.5. The molecule has 61 heavy (non-hydrogen) atoms. The average Bonchev–Trinajstić information content (AvgIpc) is 3.81. The highest BCUT2D eigenvalue weighted by Gasteiger charge is 2.51. The topological polar surface area (TPSA) is 38.7 Å². The van der Waals surface area contributed by atoms with Crippen molar-refractivity contribution in [3.8, 4) is 89.8 Å². The van der Waals surface area contributed by atoms with Crippen LogP contribution in [0.15, 0.2) is 224 Å². The highest BCUT2D eigenvalue weighted by molar-refractivity contribution is 5.97. The molecule has 0 saturated carbocycles. The van der Waals surface area contributed by atoms with Crippen LogP contribution < -0.4 is 0 Å². The fourth-order valence-electron chi connectivity index (χ4n) is 9.79. The number of rotatable bonds is 6. The van der Waals surface area contributed by atoms with Crippen molar-refractivity contribution < 1.29 is 0 Å². The van der Waals surface area contributed by atoms with Crippen molar-refractivity contribution in [3.63, 3.8) is 0 Å². The monoisotopic (exact) mass is 775 g/mol. The Morgan fingerprint density at radius 1 is 0.213 bits per heavy atom. The number of fused-ring (bicyclic) bond motifs is 10. The Labute approximate surface area is 355 Å². The molecule has 1 heterocycles. The summed E-state index contributed by atoms with van der Waals surface area (Å²) in [5.41, 5.74) is 20.0. The molecule has 2 aliphatic carbocycles. The Hall–Kier alpha value is -8.01. The predicted molar refractivity (Wildman–Crippen MR) is 249 cm³/mol. The second kappa shape index (κ2) is 14.1. The molecule has 12 rings (SSSR count). The lowest BCUT2D eigenvalue weighted by Crippen LogP contribution is -2.25. The van der Waals surface area contributed by atoms with E-state index in [0.717, 1.165) is 33.4 Å². The summed E-state index contributed by atoms with van der Waals surface area (Å²) in [6, 6.07) is 80.7. The highest BCUT2D eigenvalue weighted by atomic mass is 15.0. The lowest BCUT2D eigenvalue weighted by Gasteiger charge is -2.30. The fourth-order valence-corrected chi connectivity index (χ4v) is 9.79. The molecule has 3 nitrogen and oxygen atoms in total. The van der Waals surface area contributed by atoms with Crippen molar-refractivity contribution in [2.24, 2.45) is 0 Å². The third-order valence-electron chi connectivity index (χ3n) is 12.5. The Morgan fingerprint density at radius 3 is 1.03 bits per heavy atom. The molecule has 3 heteroatoms. The van der Waals surface area contributed by atoms with Crippen LogP contribution >= 0.6 is 0 Å². The summed E-state index contributed by atoms with van der Waals surface area (Å²) >= 11 is 0. The zero-order valence-electron chi connectivity index (χ0n) is 33.2. The van der Waals surface area contributed by atoms with Crippen molar-refractivity contribution in [2.45, 2.75) is 5.41 Å². The average molecular weight is 776 g/mol. The summed E-state index contributed by atoms with van der Waals surface area (Å²) in [5.74, 6) is 1.94. The molecule has 0 atom stereocenters. The predicted octanol–water partition coefficient (Wildman–Crippen LogP) is 14.2. The molecule has 0 saturated heterocycles. The minimum Gasteiger partial charge on any atom is -0.208 e. The van der Waals surface area contributed by atoms with Gasteiger partial charge in [0.25, 0.3) is 0 Å². The highest BCUT2D eigenvalue weighted by Crippen LogP contribution is 2.63. The Balaban J connectivity index is 0.980. The van der Waals surface area contributed by atoms with E-state index in [2.05, 4.69) is 164 Å². The van der Waals surface area contributed by atoms with Crippen molar-refractivity contribution >= 4 is 0 Å². The quantitative estimate of drug-likeness (QED) is 0.169. The zero-order valence-corrected chi connectivity index (χ0v) is 33.2. The van der Waals surface area contributed by atoms with Crippen LogP contribution in [0.1, 0.15) is 22.3 Å². The molecule has 10 aromatic rings. The fraction of sp³-hybridized carbons (Fsp3) is 0.0172. The smallest absolute Gasteiger partial charge is 0.164 e. The van der Waals surface area contributed by atoms with Gasteiger partial charge in [-0.2, -0.15) is 0 Å². The van der Waals surface area contributed by atoms with Crippen molar-refractivity contribution in [1.82, 2.24) is 15.0 Å². The summed E-state index contributed by atoms with van der Waals surface area (Å²) in [5, 5.41) is 0. The van der Waals surface area contributed by atoms with Crippen LogP contribution in [0.5, 0.6) is 0 Å². The molecule has 1 spiro atoms. The van der Waals surface area contributed by atoms with Crippen LogP contribution in [0.2, 0.25) is 0 Å². The zero-order chi connectivity index (χ0) is 40.3. The summed E-state index contributed by atoms with van der Waals surface area (Å²) in [6.45, 7) is 0. The van der Waals surface area contributed by atoms with E-state index in [1.165, 1.54) is 61.2 Å². The number of aromatic nitrogens is 3. The molecular formula is C58H37N3. The van der Waals surface area contributed by atoms with Crippen LogP contribution in [0.3, 0.4) is 0 Å². The van der Waals surface area contributed by atoms with E-state index in [4.69, 9.17) is 15.0 Å². The van der Waals surface area contributed by atoms with Crippen LogP contribution in [0.4, 0.5) is 0 Å². The van der Waals surface area contributed by atoms with Crippen LogP contribution in [0, 0.1) is 0 Å². The number of hydrogen-bond acceptors (Lipinski definition) is 3. The van der Waals surface area contributed by atoms with E-state index >= 15 is 0 Å². The van der Waals surface area contributed by atoms with Gasteiger partial charge in [0.15, 0.2) is 17.5 Å². The maximum absolute atomic E-state index is 5.01. The standard InChI is InChI=1S/C58H37N3/c1-4-16-38(17-5-1)44-30-32-53-49(36-44)50-37-45(31-33-54(50)58(53)51-28-12-10-26-47(51)48-27-11-13-29-52(48)58)42-23-14-22-41(34-42)43-24-15-25-46(35-43)57-60-55(39-18-6-2-7-19-39)59-56(61-57)40-20-8-3-9-21-40/h1-37H. The Kier molecular flexibility index (Phi) is 8.07. The summed E-state index contributed by atoms with van der Waals surface area (Å²) in [7, 11) is 0. The molecule has 0 N–H and O–H groups in total. The van der Waals surface area contributed by atoms with Gasteiger partial charge in [-0.15, -0.1) is 0 Å². The molecular weight excluding hydrogens is 739 g/mol. The van der Waals surface area contributed by atoms with Gasteiger partial charge in [0, 0.05) is 16.7 Å². The SMILES string of the molecule is c1ccc(-c2ccc3c(c2)-c2cc(-c4cccc(-c5cccc(-c6nc(-c7ccccc7)nc(-c7ccccc7)n6)c5)c4)ccc2C32c3ccccc3-c3ccccc32)cc1. The normalized spacial score (nSPS) is 12.7. The second-order valence-corrected chi connectivity index (χ2v) is 15.9. The van der Waals surface area contributed by atoms with E-state index in [1.54, 1.807) is 0 Å². The van der Waals surface area contributed by atoms with Gasteiger partial charge in [-0.1, -0.05) is 200 Å². The molecule has 0 bridgehead atoms. The lowest BCUT2D eigenvalue weighted by molar-refractivity contribution is 0.794. The largest absolute Gasteiger partial charge is 0.208 e. The Bertz CT molecular complexity index is 3200. The molecule has 0 aliphatic heterocycles. The van der Waals surface area contributed by atoms with Gasteiger partial charge < -0.3 is 0 Å². The second-order valence-electron chi connectivity index (χ2n) is 15.9. The first-order valence-electron chi connectivity index (χ1n) is 20.8. The van der Waals surface area contributed by atoms with Crippen LogP contribution in [-0.4, -0.2) is 15.0 Å². The van der Waals surface area contributed by atoms with Crippen LogP contribution in [0.25, 0.3) is 89.8 Å². The van der Waals surface area contributed by atoms with Crippen molar-refractivity contribution in [1.29, 1.82) is 0 Å². The maximum atomic E-state index is 5.01. The van der Waals surface area contributed by atoms with E-state index in [0.29, 0.717) is 17.5 Å². The molecule has 1 aromatic heterocycles. The molecule has 2 aliphatic rings. The molecule has 0 unspecified atom stereocenters. The molecule has 9 aromatic carbocycles. The van der Waals surface area contributed by atoms with Gasteiger partial charge in [-0.3, -0.25) is 0 Å². The minimum absolute atomic E-state index is 0.399. The molecule has 0 radical (unpaired) electrons. The minimum atomic E-state index is -0.399. The molecule has 0 amide bonds. The van der Waals surface area contributed by atoms with Gasteiger partial charge in [0.1, 0.15) is 0 Å². The van der Waals surface area contributed by atoms with Gasteiger partial charge in [0.2, 0.25) is 0 Å². The molecule has 284 valence electrons. The summed E-state index contributed by atoms with van der Waals surface area (Å²) in [4.78, 5) is 14.9. The van der Waals surface area contributed by atoms with Gasteiger partial charge >= 0.3 is 0 Å². The maximum Gasteiger partial charge on any atom is 0.164 e. The lowest BCUT2D eigenvalue weighted by atomic mass is 9.70.